The van der Waals surface area contributed by atoms with E-state index in [4.69, 9.17) is 0 Å². The monoisotopic (exact) mass is 138 g/mol. The van der Waals surface area contributed by atoms with Gasteiger partial charge in [-0.2, -0.15) is 0 Å². The first-order valence-electron chi connectivity index (χ1n) is 3.56. The molecule has 2 N–H and O–H groups in total. The Labute approximate surface area is 62.0 Å². The fourth-order valence-electron chi connectivity index (χ4n) is 1.08. The van der Waals surface area contributed by atoms with Crippen LogP contribution in [0.3, 0.4) is 0 Å². The largest absolute Gasteiger partial charge is 0.328 e. The molecule has 0 aromatic carbocycles. The summed E-state index contributed by atoms with van der Waals surface area (Å²) in [5.41, 5.74) is 8.83. The lowest BCUT2D eigenvalue weighted by atomic mass is 10.0. The topological polar surface area (TPSA) is 24.1 Å². The molecule has 0 fully saturated rings. The van der Waals surface area contributed by atoms with E-state index in [0.29, 0.717) is 6.04 Å². The Morgan fingerprint density at radius 3 is 2.80 bits per heavy atom. The second kappa shape index (κ2) is 2.88. The Bertz CT molecular complexity index is 180. The van der Waals surface area contributed by atoms with Crippen LogP contribution in [0.4, 0.5) is 0 Å². The van der Waals surface area contributed by atoms with Crippen molar-refractivity contribution in [2.24, 2.45) is 0 Å². The molecule has 1 aliphatic rings. The van der Waals surface area contributed by atoms with Gasteiger partial charge in [0.1, 0.15) is 0 Å². The summed E-state index contributed by atoms with van der Waals surface area (Å²) in [6.07, 6.45) is 4.12. The molecule has 0 amide bonds. The van der Waals surface area contributed by atoms with Crippen LogP contribution >= 0.6 is 0 Å². The standard InChI is InChI=1S/C8H14N2/c1-4-6(2)8-7(3)5-9-10-8/h4-5,8-10H,1-3H3/b6-4+. The molecule has 0 radical (unpaired) electrons. The molecule has 1 rings (SSSR count). The van der Waals surface area contributed by atoms with Crippen molar-refractivity contribution in [1.29, 1.82) is 0 Å². The molecule has 0 aromatic rings. The number of hydrazine groups is 1. The molecule has 0 aromatic heterocycles. The van der Waals surface area contributed by atoms with Gasteiger partial charge in [0.15, 0.2) is 0 Å². The van der Waals surface area contributed by atoms with Crippen molar-refractivity contribution in [2.45, 2.75) is 26.8 Å². The van der Waals surface area contributed by atoms with Crippen LogP contribution in [0.15, 0.2) is 23.4 Å². The molecule has 0 aliphatic carbocycles. The predicted octanol–water partition coefficient (Wildman–Crippen LogP) is 1.33. The lowest BCUT2D eigenvalue weighted by Gasteiger charge is -2.11. The van der Waals surface area contributed by atoms with Crippen molar-refractivity contribution in [1.82, 2.24) is 10.9 Å². The van der Waals surface area contributed by atoms with E-state index in [0.717, 1.165) is 0 Å². The molecule has 1 unspecified atom stereocenters. The molecule has 56 valence electrons. The van der Waals surface area contributed by atoms with Gasteiger partial charge in [0.2, 0.25) is 0 Å². The lowest BCUT2D eigenvalue weighted by Crippen LogP contribution is -2.32. The summed E-state index contributed by atoms with van der Waals surface area (Å²) in [6.45, 7) is 6.30. The number of rotatable bonds is 1. The minimum absolute atomic E-state index is 0.407. The highest BCUT2D eigenvalue weighted by Gasteiger charge is 2.14. The third kappa shape index (κ3) is 1.21. The van der Waals surface area contributed by atoms with Gasteiger partial charge in [-0.05, 0) is 26.3 Å². The fraction of sp³-hybridized carbons (Fsp3) is 0.500. The summed E-state index contributed by atoms with van der Waals surface area (Å²) >= 11 is 0. The second-order valence-electron chi connectivity index (χ2n) is 2.64. The normalized spacial score (nSPS) is 26.1. The number of hydrogen-bond donors (Lipinski definition) is 2. The van der Waals surface area contributed by atoms with Crippen molar-refractivity contribution in [3.63, 3.8) is 0 Å². The van der Waals surface area contributed by atoms with Crippen LogP contribution in [0.2, 0.25) is 0 Å². The minimum atomic E-state index is 0.407. The zero-order valence-electron chi connectivity index (χ0n) is 6.73. The van der Waals surface area contributed by atoms with E-state index < -0.39 is 0 Å². The van der Waals surface area contributed by atoms with Gasteiger partial charge in [0, 0.05) is 6.20 Å². The molecule has 1 atom stereocenters. The summed E-state index contributed by atoms with van der Waals surface area (Å²) < 4.78 is 0. The number of hydrogen-bond acceptors (Lipinski definition) is 2. The van der Waals surface area contributed by atoms with Crippen LogP contribution in [0.25, 0.3) is 0 Å². The van der Waals surface area contributed by atoms with Gasteiger partial charge in [-0.1, -0.05) is 11.6 Å². The van der Waals surface area contributed by atoms with Crippen LogP contribution in [-0.2, 0) is 0 Å². The zero-order chi connectivity index (χ0) is 7.56. The molecule has 0 spiro atoms. The Balaban J connectivity index is 2.67. The van der Waals surface area contributed by atoms with E-state index in [9.17, 15) is 0 Å². The number of nitrogens with one attached hydrogen (secondary N) is 2. The third-order valence-corrected chi connectivity index (χ3v) is 1.89. The van der Waals surface area contributed by atoms with Gasteiger partial charge in [-0.25, -0.2) is 5.43 Å². The Hall–Kier alpha value is -0.760. The van der Waals surface area contributed by atoms with Gasteiger partial charge < -0.3 is 5.43 Å². The van der Waals surface area contributed by atoms with E-state index in [2.05, 4.69) is 37.7 Å². The maximum Gasteiger partial charge on any atom is 0.0691 e. The molecule has 1 heterocycles. The second-order valence-corrected chi connectivity index (χ2v) is 2.64. The highest BCUT2D eigenvalue weighted by Crippen LogP contribution is 2.12. The predicted molar refractivity (Wildman–Crippen MR) is 43.2 cm³/mol. The number of allylic oxidation sites excluding steroid dienone is 1. The van der Waals surface area contributed by atoms with Crippen LogP contribution in [0.1, 0.15) is 20.8 Å². The molecular formula is C8H14N2. The van der Waals surface area contributed by atoms with Gasteiger partial charge >= 0.3 is 0 Å². The zero-order valence-corrected chi connectivity index (χ0v) is 6.73. The lowest BCUT2D eigenvalue weighted by molar-refractivity contribution is 0.625. The van der Waals surface area contributed by atoms with Crippen LogP contribution in [0, 0.1) is 0 Å². The average molecular weight is 138 g/mol. The highest BCUT2D eigenvalue weighted by molar-refractivity contribution is 5.25. The van der Waals surface area contributed by atoms with Crippen molar-refractivity contribution in [3.8, 4) is 0 Å². The van der Waals surface area contributed by atoms with Crippen molar-refractivity contribution >= 4 is 0 Å². The quantitative estimate of drug-likeness (QED) is 0.534. The summed E-state index contributed by atoms with van der Waals surface area (Å²) in [5, 5.41) is 0. The first-order valence-corrected chi connectivity index (χ1v) is 3.56. The van der Waals surface area contributed by atoms with Crippen molar-refractivity contribution < 1.29 is 0 Å². The minimum Gasteiger partial charge on any atom is -0.328 e. The molecule has 1 aliphatic heterocycles. The summed E-state index contributed by atoms with van der Waals surface area (Å²) in [4.78, 5) is 0. The van der Waals surface area contributed by atoms with Crippen LogP contribution in [0.5, 0.6) is 0 Å². The SMILES string of the molecule is C/C=C(\C)C1NNC=C1C. The molecule has 10 heavy (non-hydrogen) atoms. The van der Waals surface area contributed by atoms with Gasteiger partial charge in [-0.15, -0.1) is 0 Å². The maximum atomic E-state index is 3.15. The van der Waals surface area contributed by atoms with Crippen molar-refractivity contribution in [3.05, 3.63) is 23.4 Å². The maximum absolute atomic E-state index is 3.15. The average Bonchev–Trinajstić information content (AvgIpc) is 2.34. The summed E-state index contributed by atoms with van der Waals surface area (Å²) in [5.74, 6) is 0. The third-order valence-electron chi connectivity index (χ3n) is 1.89. The molecular weight excluding hydrogens is 124 g/mol. The fourth-order valence-corrected chi connectivity index (χ4v) is 1.08. The van der Waals surface area contributed by atoms with E-state index in [1.165, 1.54) is 11.1 Å². The Kier molecular flexibility index (Phi) is 2.12. The van der Waals surface area contributed by atoms with E-state index in [1.807, 2.05) is 6.20 Å². The van der Waals surface area contributed by atoms with E-state index in [-0.39, 0.29) is 0 Å². The Morgan fingerprint density at radius 2 is 2.40 bits per heavy atom. The summed E-state index contributed by atoms with van der Waals surface area (Å²) in [7, 11) is 0. The van der Waals surface area contributed by atoms with Crippen molar-refractivity contribution in [2.75, 3.05) is 0 Å². The highest BCUT2D eigenvalue weighted by atomic mass is 15.4. The van der Waals surface area contributed by atoms with Gasteiger partial charge in [0.05, 0.1) is 6.04 Å². The smallest absolute Gasteiger partial charge is 0.0691 e. The molecule has 0 saturated carbocycles. The van der Waals surface area contributed by atoms with Gasteiger partial charge in [0.25, 0.3) is 0 Å². The molecule has 2 heteroatoms. The van der Waals surface area contributed by atoms with Crippen LogP contribution in [-0.4, -0.2) is 6.04 Å². The summed E-state index contributed by atoms with van der Waals surface area (Å²) in [6, 6.07) is 0.407. The Morgan fingerprint density at radius 1 is 1.70 bits per heavy atom. The van der Waals surface area contributed by atoms with Crippen LogP contribution < -0.4 is 10.9 Å². The molecule has 0 saturated heterocycles. The molecule has 2 nitrogen and oxygen atoms in total. The first kappa shape index (κ1) is 7.35. The molecule has 0 bridgehead atoms. The van der Waals surface area contributed by atoms with Gasteiger partial charge in [-0.3, -0.25) is 0 Å². The first-order chi connectivity index (χ1) is 4.75. The van der Waals surface area contributed by atoms with E-state index >= 15 is 0 Å². The van der Waals surface area contributed by atoms with E-state index in [1.54, 1.807) is 0 Å².